The van der Waals surface area contributed by atoms with E-state index in [9.17, 15) is 9.90 Å². The van der Waals surface area contributed by atoms with Crippen LogP contribution in [0.2, 0.25) is 0 Å². The number of nitrogens with zero attached hydrogens (tertiary/aromatic N) is 1. The second-order valence-electron chi connectivity index (χ2n) is 9.63. The topological polar surface area (TPSA) is 65.1 Å². The highest BCUT2D eigenvalue weighted by Crippen LogP contribution is 2.32. The lowest BCUT2D eigenvalue weighted by atomic mass is 9.99. The number of carbonyl (C=O) groups excluding carboxylic acids is 1. The van der Waals surface area contributed by atoms with Crippen molar-refractivity contribution >= 4 is 16.9 Å². The number of aliphatic hydroxyl groups excluding tert-OH is 1. The lowest BCUT2D eigenvalue weighted by Gasteiger charge is -2.28. The number of esters is 1. The van der Waals surface area contributed by atoms with Crippen molar-refractivity contribution in [3.05, 3.63) is 59.3 Å². The van der Waals surface area contributed by atoms with Gasteiger partial charge in [0.05, 0.1) is 30.8 Å². The number of likely N-dealkylation sites (tertiary alicyclic amines) is 1. The number of aryl methyl sites for hydroxylation is 1. The molecule has 2 aromatic carbocycles. The first kappa shape index (κ1) is 24.3. The van der Waals surface area contributed by atoms with Gasteiger partial charge in [-0.25, -0.2) is 4.79 Å². The van der Waals surface area contributed by atoms with Crippen LogP contribution in [0.5, 0.6) is 5.75 Å². The zero-order chi connectivity index (χ0) is 24.2. The molecule has 1 unspecified atom stereocenters. The number of nitrogens with one attached hydrogen (secondary N) is 1. The van der Waals surface area contributed by atoms with Crippen LogP contribution in [-0.2, 0) is 4.74 Å². The molecular weight excluding hydrogens is 428 g/mol. The molecule has 182 valence electrons. The minimum Gasteiger partial charge on any atom is -0.491 e. The molecule has 1 aliphatic heterocycles. The highest BCUT2D eigenvalue weighted by atomic mass is 16.5. The molecule has 2 heterocycles. The number of piperidine rings is 1. The van der Waals surface area contributed by atoms with E-state index in [0.29, 0.717) is 24.5 Å². The minimum absolute atomic E-state index is 0.233. The Balaban J connectivity index is 1.58. The van der Waals surface area contributed by atoms with Gasteiger partial charge in [0.25, 0.3) is 0 Å². The molecule has 6 nitrogen and oxygen atoms in total. The summed E-state index contributed by atoms with van der Waals surface area (Å²) in [5.74, 6) is 1.09. The molecule has 1 aliphatic rings. The second-order valence-corrected chi connectivity index (χ2v) is 9.63. The maximum absolute atomic E-state index is 12.9. The zero-order valence-electron chi connectivity index (χ0n) is 20.8. The van der Waals surface area contributed by atoms with Crippen molar-refractivity contribution in [1.29, 1.82) is 0 Å². The van der Waals surface area contributed by atoms with Gasteiger partial charge in [-0.05, 0) is 69.9 Å². The number of quaternary nitrogens is 1. The summed E-state index contributed by atoms with van der Waals surface area (Å²) >= 11 is 0. The number of aliphatic hydroxyl groups is 1. The van der Waals surface area contributed by atoms with Crippen LogP contribution in [0.3, 0.4) is 0 Å². The van der Waals surface area contributed by atoms with Crippen LogP contribution in [0, 0.1) is 19.8 Å². The molecule has 1 fully saturated rings. The van der Waals surface area contributed by atoms with E-state index in [4.69, 9.17) is 9.47 Å². The van der Waals surface area contributed by atoms with Gasteiger partial charge < -0.3 is 24.0 Å². The molecule has 0 amide bonds. The predicted molar refractivity (Wildman–Crippen MR) is 134 cm³/mol. The highest BCUT2D eigenvalue weighted by molar-refractivity contribution is 6.07. The Kier molecular flexibility index (Phi) is 7.59. The average molecular weight is 466 g/mol. The Morgan fingerprint density at radius 1 is 1.15 bits per heavy atom. The van der Waals surface area contributed by atoms with E-state index in [2.05, 4.69) is 42.7 Å². The molecule has 4 rings (SSSR count). The van der Waals surface area contributed by atoms with Gasteiger partial charge in [-0.2, -0.15) is 0 Å². The fraction of sp³-hybridized carbons (Fsp3) is 0.464. The lowest BCUT2D eigenvalue weighted by Crippen LogP contribution is -3.14. The zero-order valence-corrected chi connectivity index (χ0v) is 20.8. The predicted octanol–water partition coefficient (Wildman–Crippen LogP) is 3.48. The van der Waals surface area contributed by atoms with Gasteiger partial charge in [0.1, 0.15) is 25.0 Å². The summed E-state index contributed by atoms with van der Waals surface area (Å²) in [5, 5.41) is 11.3. The van der Waals surface area contributed by atoms with Crippen molar-refractivity contribution in [3.63, 3.8) is 0 Å². The molecule has 0 saturated carbocycles. The number of rotatable bonds is 8. The summed E-state index contributed by atoms with van der Waals surface area (Å²) in [6, 6.07) is 14.0. The van der Waals surface area contributed by atoms with E-state index < -0.39 is 6.10 Å². The number of benzene rings is 2. The van der Waals surface area contributed by atoms with Gasteiger partial charge in [-0.15, -0.1) is 0 Å². The fourth-order valence-corrected chi connectivity index (χ4v) is 4.93. The number of fused-ring (bicyclic) bond motifs is 1. The van der Waals surface area contributed by atoms with Crippen LogP contribution in [0.15, 0.2) is 42.5 Å². The van der Waals surface area contributed by atoms with E-state index in [0.717, 1.165) is 41.3 Å². The number of aromatic nitrogens is 1. The first-order valence-electron chi connectivity index (χ1n) is 12.4. The molecule has 34 heavy (non-hydrogen) atoms. The van der Waals surface area contributed by atoms with E-state index in [1.807, 2.05) is 32.0 Å². The van der Waals surface area contributed by atoms with Crippen LogP contribution in [-0.4, -0.2) is 54.6 Å². The van der Waals surface area contributed by atoms with Gasteiger partial charge in [-0.1, -0.05) is 24.6 Å². The SMILES string of the molecule is CCOC(=O)c1c(C)n(-c2ccc(C)cc2)c2ccc(OCC(O)C[NH+]3CCC(C)CC3)cc12. The van der Waals surface area contributed by atoms with Crippen LogP contribution in [0.25, 0.3) is 16.6 Å². The minimum atomic E-state index is -0.525. The Morgan fingerprint density at radius 3 is 2.53 bits per heavy atom. The number of ether oxygens (including phenoxy) is 2. The number of carbonyl (C=O) groups is 1. The van der Waals surface area contributed by atoms with Crippen molar-refractivity contribution in [3.8, 4) is 11.4 Å². The van der Waals surface area contributed by atoms with Gasteiger partial charge in [0.2, 0.25) is 0 Å². The first-order valence-corrected chi connectivity index (χ1v) is 12.4. The molecule has 0 spiro atoms. The van der Waals surface area contributed by atoms with Crippen molar-refractivity contribution < 1.29 is 24.3 Å². The maximum atomic E-state index is 12.9. The molecular formula is C28H37N2O4+. The van der Waals surface area contributed by atoms with E-state index in [-0.39, 0.29) is 12.6 Å². The summed E-state index contributed by atoms with van der Waals surface area (Å²) < 4.78 is 13.4. The smallest absolute Gasteiger partial charge is 0.340 e. The molecule has 0 bridgehead atoms. The first-order chi connectivity index (χ1) is 16.4. The third-order valence-corrected chi connectivity index (χ3v) is 6.90. The molecule has 0 aliphatic carbocycles. The molecule has 3 aromatic rings. The van der Waals surface area contributed by atoms with Crippen molar-refractivity contribution in [2.75, 3.05) is 32.8 Å². The van der Waals surface area contributed by atoms with Crippen LogP contribution in [0.1, 0.15) is 48.3 Å². The van der Waals surface area contributed by atoms with Crippen molar-refractivity contribution in [2.24, 2.45) is 5.92 Å². The van der Waals surface area contributed by atoms with Gasteiger partial charge in [0.15, 0.2) is 0 Å². The second kappa shape index (κ2) is 10.6. The Morgan fingerprint density at radius 2 is 1.85 bits per heavy atom. The number of hydrogen-bond acceptors (Lipinski definition) is 4. The molecule has 1 atom stereocenters. The van der Waals surface area contributed by atoms with Crippen molar-refractivity contribution in [2.45, 2.75) is 46.6 Å². The average Bonchev–Trinajstić information content (AvgIpc) is 3.11. The Hall–Kier alpha value is -2.83. The molecule has 1 aromatic heterocycles. The third-order valence-electron chi connectivity index (χ3n) is 6.90. The lowest BCUT2D eigenvalue weighted by molar-refractivity contribution is -0.909. The van der Waals surface area contributed by atoms with E-state index in [1.165, 1.54) is 23.3 Å². The summed E-state index contributed by atoms with van der Waals surface area (Å²) in [5.41, 5.74) is 4.47. The maximum Gasteiger partial charge on any atom is 0.340 e. The summed E-state index contributed by atoms with van der Waals surface area (Å²) in [7, 11) is 0. The van der Waals surface area contributed by atoms with Gasteiger partial charge >= 0.3 is 5.97 Å². The van der Waals surface area contributed by atoms with Gasteiger partial charge in [0, 0.05) is 16.8 Å². The molecule has 6 heteroatoms. The highest BCUT2D eigenvalue weighted by Gasteiger charge is 2.24. The molecule has 0 radical (unpaired) electrons. The summed E-state index contributed by atoms with van der Waals surface area (Å²) in [6.07, 6.45) is 1.91. The standard InChI is InChI=1S/C28H36N2O4/c1-5-33-28(32)27-21(4)30(22-8-6-19(2)7-9-22)26-11-10-24(16-25(26)27)34-18-23(31)17-29-14-12-20(3)13-15-29/h6-11,16,20,23,31H,5,12-15,17-18H2,1-4H3/p+1. The summed E-state index contributed by atoms with van der Waals surface area (Å²) in [4.78, 5) is 14.3. The fourth-order valence-electron chi connectivity index (χ4n) is 4.93. The third kappa shape index (κ3) is 5.29. The van der Waals surface area contributed by atoms with Crippen LogP contribution >= 0.6 is 0 Å². The summed E-state index contributed by atoms with van der Waals surface area (Å²) in [6.45, 7) is 11.6. The Bertz CT molecular complexity index is 1130. The largest absolute Gasteiger partial charge is 0.491 e. The molecule has 1 saturated heterocycles. The Labute approximate surface area is 202 Å². The normalized spacial score (nSPS) is 19.2. The quantitative estimate of drug-likeness (QED) is 0.500. The van der Waals surface area contributed by atoms with E-state index in [1.54, 1.807) is 0 Å². The molecule has 2 N–H and O–H groups in total. The van der Waals surface area contributed by atoms with Gasteiger partial charge in [-0.3, -0.25) is 0 Å². The van der Waals surface area contributed by atoms with Crippen LogP contribution in [0.4, 0.5) is 0 Å². The van der Waals surface area contributed by atoms with Crippen LogP contribution < -0.4 is 9.64 Å². The van der Waals surface area contributed by atoms with Crippen molar-refractivity contribution in [1.82, 2.24) is 4.57 Å². The van der Waals surface area contributed by atoms with E-state index >= 15 is 0 Å². The monoisotopic (exact) mass is 465 g/mol. The number of hydrogen-bond donors (Lipinski definition) is 2.